The molecule has 1 aromatic heterocycles. The Kier molecular flexibility index (Phi) is 4.16. The van der Waals surface area contributed by atoms with Crippen LogP contribution in [-0.2, 0) is 4.79 Å². The van der Waals surface area contributed by atoms with Crippen LogP contribution >= 0.6 is 0 Å². The smallest absolute Gasteiger partial charge is 0.237 e. The van der Waals surface area contributed by atoms with Gasteiger partial charge < -0.3 is 15.5 Å². The fraction of sp³-hybridized carbons (Fsp3) is 0.600. The molecule has 0 aromatic carbocycles. The van der Waals surface area contributed by atoms with Gasteiger partial charge in [-0.3, -0.25) is 4.79 Å². The van der Waals surface area contributed by atoms with Gasteiger partial charge in [0.05, 0.1) is 6.04 Å². The van der Waals surface area contributed by atoms with Crippen molar-refractivity contribution in [2.45, 2.75) is 37.8 Å². The summed E-state index contributed by atoms with van der Waals surface area (Å²) in [5.74, 6) is 1.22. The maximum Gasteiger partial charge on any atom is 0.237 e. The largest absolute Gasteiger partial charge is 0.356 e. The standard InChI is InChI=1S/C15H22N4O/c20-15(13-4-3-9-16-13)18-12-6-10-19(11-7-12)14-5-1-2-8-17-14/h1-2,5,8,12-13,16H,3-4,6-7,9-11H2,(H,18,20)/t13-/m0/s1. The molecule has 2 fully saturated rings. The van der Waals surface area contributed by atoms with Crippen LogP contribution in [0.25, 0.3) is 0 Å². The van der Waals surface area contributed by atoms with E-state index in [1.807, 2.05) is 24.4 Å². The van der Waals surface area contributed by atoms with Crippen LogP contribution in [0.2, 0.25) is 0 Å². The first-order valence-electron chi connectivity index (χ1n) is 7.52. The van der Waals surface area contributed by atoms with E-state index in [-0.39, 0.29) is 11.9 Å². The number of rotatable bonds is 3. The summed E-state index contributed by atoms with van der Waals surface area (Å²) < 4.78 is 0. The third-order valence-electron chi connectivity index (χ3n) is 4.19. The van der Waals surface area contributed by atoms with Gasteiger partial charge in [-0.1, -0.05) is 6.07 Å². The number of aromatic nitrogens is 1. The summed E-state index contributed by atoms with van der Waals surface area (Å²) in [4.78, 5) is 18.7. The number of anilines is 1. The second-order valence-corrected chi connectivity index (χ2v) is 5.61. The van der Waals surface area contributed by atoms with Crippen molar-refractivity contribution in [2.24, 2.45) is 0 Å². The molecular weight excluding hydrogens is 252 g/mol. The average molecular weight is 274 g/mol. The summed E-state index contributed by atoms with van der Waals surface area (Å²) >= 11 is 0. The van der Waals surface area contributed by atoms with Crippen LogP contribution in [0.4, 0.5) is 5.82 Å². The highest BCUT2D eigenvalue weighted by Crippen LogP contribution is 2.17. The van der Waals surface area contributed by atoms with E-state index in [2.05, 4.69) is 20.5 Å². The van der Waals surface area contributed by atoms with Crippen molar-refractivity contribution in [1.29, 1.82) is 0 Å². The van der Waals surface area contributed by atoms with E-state index < -0.39 is 0 Å². The van der Waals surface area contributed by atoms with E-state index in [9.17, 15) is 4.79 Å². The zero-order chi connectivity index (χ0) is 13.8. The highest BCUT2D eigenvalue weighted by Gasteiger charge is 2.26. The van der Waals surface area contributed by atoms with E-state index >= 15 is 0 Å². The number of amides is 1. The van der Waals surface area contributed by atoms with Crippen LogP contribution in [0.3, 0.4) is 0 Å². The predicted molar refractivity (Wildman–Crippen MR) is 78.6 cm³/mol. The van der Waals surface area contributed by atoms with Crippen LogP contribution in [0, 0.1) is 0 Å². The van der Waals surface area contributed by atoms with Crippen molar-refractivity contribution in [3.63, 3.8) is 0 Å². The maximum atomic E-state index is 12.1. The third-order valence-corrected chi connectivity index (χ3v) is 4.19. The van der Waals surface area contributed by atoms with Gasteiger partial charge in [0, 0.05) is 25.3 Å². The number of nitrogens with zero attached hydrogens (tertiary/aromatic N) is 2. The molecule has 108 valence electrons. The SMILES string of the molecule is O=C(NC1CCN(c2ccccn2)CC1)[C@@H]1CCCN1. The fourth-order valence-electron chi connectivity index (χ4n) is 3.00. The zero-order valence-corrected chi connectivity index (χ0v) is 11.7. The van der Waals surface area contributed by atoms with Crippen molar-refractivity contribution < 1.29 is 4.79 Å². The first-order chi connectivity index (χ1) is 9.83. The lowest BCUT2D eigenvalue weighted by Crippen LogP contribution is -2.49. The molecule has 0 unspecified atom stereocenters. The highest BCUT2D eigenvalue weighted by molar-refractivity contribution is 5.82. The number of hydrogen-bond acceptors (Lipinski definition) is 4. The van der Waals surface area contributed by atoms with Gasteiger partial charge in [0.2, 0.25) is 5.91 Å². The first-order valence-corrected chi connectivity index (χ1v) is 7.52. The summed E-state index contributed by atoms with van der Waals surface area (Å²) in [5, 5.41) is 6.43. The molecule has 2 saturated heterocycles. The average Bonchev–Trinajstić information content (AvgIpc) is 3.03. The van der Waals surface area contributed by atoms with Gasteiger partial charge in [-0.05, 0) is 44.4 Å². The van der Waals surface area contributed by atoms with Gasteiger partial charge in [0.1, 0.15) is 5.82 Å². The topological polar surface area (TPSA) is 57.3 Å². The van der Waals surface area contributed by atoms with Gasteiger partial charge in [0.25, 0.3) is 0 Å². The van der Waals surface area contributed by atoms with Gasteiger partial charge in [-0.2, -0.15) is 0 Å². The van der Waals surface area contributed by atoms with E-state index in [1.165, 1.54) is 0 Å². The van der Waals surface area contributed by atoms with E-state index in [1.54, 1.807) is 0 Å². The molecule has 5 nitrogen and oxygen atoms in total. The molecule has 0 spiro atoms. The number of hydrogen-bond donors (Lipinski definition) is 2. The molecule has 2 aliphatic rings. The van der Waals surface area contributed by atoms with Crippen LogP contribution < -0.4 is 15.5 Å². The second kappa shape index (κ2) is 6.22. The number of pyridine rings is 1. The van der Waals surface area contributed by atoms with Crippen molar-refractivity contribution >= 4 is 11.7 Å². The molecule has 3 heterocycles. The quantitative estimate of drug-likeness (QED) is 0.860. The molecular formula is C15H22N4O. The van der Waals surface area contributed by atoms with E-state index in [0.717, 1.165) is 51.1 Å². The summed E-state index contributed by atoms with van der Waals surface area (Å²) in [7, 11) is 0. The highest BCUT2D eigenvalue weighted by atomic mass is 16.2. The summed E-state index contributed by atoms with van der Waals surface area (Å²) in [6, 6.07) is 6.34. The Labute approximate surface area is 119 Å². The predicted octanol–water partition coefficient (Wildman–Crippen LogP) is 0.919. The Hall–Kier alpha value is -1.62. The molecule has 3 rings (SSSR count). The summed E-state index contributed by atoms with van der Waals surface area (Å²) in [5.41, 5.74) is 0. The van der Waals surface area contributed by atoms with Crippen LogP contribution in [0.1, 0.15) is 25.7 Å². The van der Waals surface area contributed by atoms with Crippen molar-refractivity contribution in [2.75, 3.05) is 24.5 Å². The van der Waals surface area contributed by atoms with Gasteiger partial charge in [-0.25, -0.2) is 4.98 Å². The molecule has 0 bridgehead atoms. The molecule has 2 N–H and O–H groups in total. The molecule has 0 aliphatic carbocycles. The minimum absolute atomic E-state index is 0.0313. The fourth-order valence-corrected chi connectivity index (χ4v) is 3.00. The molecule has 5 heteroatoms. The van der Waals surface area contributed by atoms with Crippen molar-refractivity contribution in [3.8, 4) is 0 Å². The number of carbonyl (C=O) groups is 1. The molecule has 1 aromatic rings. The Balaban J connectivity index is 1.47. The number of piperidine rings is 1. The Morgan fingerprint density at radius 1 is 1.30 bits per heavy atom. The maximum absolute atomic E-state index is 12.1. The summed E-state index contributed by atoms with van der Waals surface area (Å²) in [6.07, 6.45) is 5.90. The lowest BCUT2D eigenvalue weighted by Gasteiger charge is -2.33. The normalized spacial score (nSPS) is 23.8. The van der Waals surface area contributed by atoms with Gasteiger partial charge >= 0.3 is 0 Å². The molecule has 1 atom stereocenters. The lowest BCUT2D eigenvalue weighted by molar-refractivity contribution is -0.123. The number of nitrogens with one attached hydrogen (secondary N) is 2. The minimum Gasteiger partial charge on any atom is -0.356 e. The Morgan fingerprint density at radius 3 is 2.80 bits per heavy atom. The minimum atomic E-state index is 0.0313. The van der Waals surface area contributed by atoms with Crippen LogP contribution in [0.15, 0.2) is 24.4 Å². The Morgan fingerprint density at radius 2 is 2.15 bits per heavy atom. The molecule has 0 saturated carbocycles. The second-order valence-electron chi connectivity index (χ2n) is 5.61. The molecule has 2 aliphatic heterocycles. The molecule has 20 heavy (non-hydrogen) atoms. The van der Waals surface area contributed by atoms with Gasteiger partial charge in [-0.15, -0.1) is 0 Å². The third kappa shape index (κ3) is 3.10. The molecule has 1 amide bonds. The van der Waals surface area contributed by atoms with Gasteiger partial charge in [0.15, 0.2) is 0 Å². The molecule has 0 radical (unpaired) electrons. The van der Waals surface area contributed by atoms with Crippen molar-refractivity contribution in [1.82, 2.24) is 15.6 Å². The first kappa shape index (κ1) is 13.4. The summed E-state index contributed by atoms with van der Waals surface area (Å²) in [6.45, 7) is 2.89. The monoisotopic (exact) mass is 274 g/mol. The number of carbonyl (C=O) groups excluding carboxylic acids is 1. The van der Waals surface area contributed by atoms with Crippen LogP contribution in [0.5, 0.6) is 0 Å². The Bertz CT molecular complexity index is 436. The van der Waals surface area contributed by atoms with Crippen LogP contribution in [-0.4, -0.2) is 42.6 Å². The van der Waals surface area contributed by atoms with E-state index in [4.69, 9.17) is 0 Å². The van der Waals surface area contributed by atoms with Crippen molar-refractivity contribution in [3.05, 3.63) is 24.4 Å². The zero-order valence-electron chi connectivity index (χ0n) is 11.7. The van der Waals surface area contributed by atoms with E-state index in [0.29, 0.717) is 6.04 Å². The lowest BCUT2D eigenvalue weighted by atomic mass is 10.0.